The smallest absolute Gasteiger partial charge is 0.136 e. The van der Waals surface area contributed by atoms with Crippen molar-refractivity contribution >= 4 is 75.1 Å². The summed E-state index contributed by atoms with van der Waals surface area (Å²) in [5, 5.41) is 8.48. The monoisotopic (exact) mass is 527 g/mol. The fourth-order valence-electron chi connectivity index (χ4n) is 6.20. The van der Waals surface area contributed by atoms with Crippen molar-refractivity contribution in [1.29, 1.82) is 0 Å². The van der Waals surface area contributed by atoms with Gasteiger partial charge in [-0.3, -0.25) is 0 Å². The molecular weight excluding hydrogens is 506 g/mol. The summed E-state index contributed by atoms with van der Waals surface area (Å²) in [4.78, 5) is 5.41. The second-order valence-electron chi connectivity index (χ2n) is 10.3. The van der Waals surface area contributed by atoms with Crippen LogP contribution in [0.15, 0.2) is 132 Å². The largest absolute Gasteiger partial charge is 0.456 e. The molecule has 0 aliphatic heterocycles. The lowest BCUT2D eigenvalue weighted by molar-refractivity contribution is 0.669. The van der Waals surface area contributed by atoms with Crippen LogP contribution in [0.1, 0.15) is 0 Å². The van der Waals surface area contributed by atoms with Crippen LogP contribution < -0.4 is 0 Å². The molecule has 3 heterocycles. The number of thiophene rings is 1. The van der Waals surface area contributed by atoms with Crippen LogP contribution in [0.4, 0.5) is 0 Å². The Hall–Kier alpha value is -4.99. The first-order chi connectivity index (χ1) is 19.8. The quantitative estimate of drug-likeness (QED) is 0.223. The van der Waals surface area contributed by atoms with Gasteiger partial charge in [-0.1, -0.05) is 91.0 Å². The van der Waals surface area contributed by atoms with Gasteiger partial charge in [-0.25, -0.2) is 4.98 Å². The van der Waals surface area contributed by atoms with Crippen molar-refractivity contribution in [2.24, 2.45) is 0 Å². The summed E-state index contributed by atoms with van der Waals surface area (Å²) in [7, 11) is 0. The highest BCUT2D eigenvalue weighted by Gasteiger charge is 2.17. The molecule has 2 nitrogen and oxygen atoms in total. The first kappa shape index (κ1) is 21.9. The van der Waals surface area contributed by atoms with Crippen LogP contribution in [-0.4, -0.2) is 4.98 Å². The minimum Gasteiger partial charge on any atom is -0.456 e. The maximum Gasteiger partial charge on any atom is 0.136 e. The molecule has 0 bridgehead atoms. The van der Waals surface area contributed by atoms with Gasteiger partial charge in [-0.05, 0) is 58.3 Å². The van der Waals surface area contributed by atoms with E-state index < -0.39 is 0 Å². The van der Waals surface area contributed by atoms with Gasteiger partial charge in [0.15, 0.2) is 0 Å². The molecule has 0 aliphatic carbocycles. The maximum atomic E-state index is 6.25. The predicted molar refractivity (Wildman–Crippen MR) is 170 cm³/mol. The van der Waals surface area contributed by atoms with E-state index in [9.17, 15) is 0 Å². The predicted octanol–water partition coefficient (Wildman–Crippen LogP) is 11.0. The molecule has 0 aliphatic rings. The Labute approximate surface area is 233 Å². The van der Waals surface area contributed by atoms with E-state index >= 15 is 0 Å². The summed E-state index contributed by atoms with van der Waals surface area (Å²) in [5.41, 5.74) is 7.20. The highest BCUT2D eigenvalue weighted by Crippen LogP contribution is 2.44. The van der Waals surface area contributed by atoms with Crippen LogP contribution in [0.2, 0.25) is 0 Å². The van der Waals surface area contributed by atoms with Crippen molar-refractivity contribution in [3.05, 3.63) is 127 Å². The summed E-state index contributed by atoms with van der Waals surface area (Å²) in [6.07, 6.45) is 0. The average molecular weight is 528 g/mol. The third-order valence-electron chi connectivity index (χ3n) is 8.06. The SMILES string of the molecule is c1ccc(-c2cc(-c3ccc4c(c3)oc3ccccc34)nc3c2ccc2sc4ccc5ccccc5c4c23)cc1. The Kier molecular flexibility index (Phi) is 4.52. The minimum absolute atomic E-state index is 0.882. The van der Waals surface area contributed by atoms with Gasteiger partial charge < -0.3 is 4.42 Å². The topological polar surface area (TPSA) is 26.0 Å². The van der Waals surface area contributed by atoms with Crippen LogP contribution >= 0.6 is 11.3 Å². The lowest BCUT2D eigenvalue weighted by Crippen LogP contribution is -1.91. The fourth-order valence-corrected chi connectivity index (χ4v) is 7.33. The Morgan fingerprint density at radius 1 is 0.500 bits per heavy atom. The Balaban J connectivity index is 1.41. The molecule has 0 unspecified atom stereocenters. The minimum atomic E-state index is 0.882. The van der Waals surface area contributed by atoms with E-state index in [1.54, 1.807) is 0 Å². The molecule has 3 heteroatoms. The first-order valence-electron chi connectivity index (χ1n) is 13.5. The zero-order valence-corrected chi connectivity index (χ0v) is 22.2. The summed E-state index contributed by atoms with van der Waals surface area (Å²) < 4.78 is 8.80. The van der Waals surface area contributed by atoms with Gasteiger partial charge in [0, 0.05) is 41.9 Å². The van der Waals surface area contributed by atoms with Crippen molar-refractivity contribution < 1.29 is 4.42 Å². The Morgan fingerprint density at radius 2 is 1.23 bits per heavy atom. The van der Waals surface area contributed by atoms with E-state index in [0.29, 0.717) is 0 Å². The standard InChI is InChI=1S/C37H21NOS/c1-2-8-22(9-3-1)29-21-30(24-14-16-27-26-12-6-7-13-31(26)39-32(27)20-24)38-37-28(29)17-19-34-36(37)35-25-11-5-4-10-23(25)15-18-33(35)40-34/h1-21H. The van der Waals surface area contributed by atoms with Crippen molar-refractivity contribution in [2.45, 2.75) is 0 Å². The third-order valence-corrected chi connectivity index (χ3v) is 9.18. The number of aromatic nitrogens is 1. The molecule has 0 spiro atoms. The van der Waals surface area contributed by atoms with E-state index in [2.05, 4.69) is 115 Å². The Bertz CT molecular complexity index is 2430. The second kappa shape index (κ2) is 8.25. The highest BCUT2D eigenvalue weighted by molar-refractivity contribution is 7.26. The molecule has 40 heavy (non-hydrogen) atoms. The molecule has 0 radical (unpaired) electrons. The average Bonchev–Trinajstić information content (AvgIpc) is 3.59. The van der Waals surface area contributed by atoms with Crippen LogP contribution in [0, 0.1) is 0 Å². The summed E-state index contributed by atoms with van der Waals surface area (Å²) in [6, 6.07) is 45.3. The number of hydrogen-bond donors (Lipinski definition) is 0. The van der Waals surface area contributed by atoms with E-state index in [4.69, 9.17) is 9.40 Å². The van der Waals surface area contributed by atoms with Gasteiger partial charge in [0.05, 0.1) is 11.2 Å². The molecule has 0 saturated heterocycles. The van der Waals surface area contributed by atoms with E-state index in [-0.39, 0.29) is 0 Å². The van der Waals surface area contributed by atoms with E-state index in [1.165, 1.54) is 47.5 Å². The number of fused-ring (bicyclic) bond motifs is 10. The summed E-state index contributed by atoms with van der Waals surface area (Å²) in [5.74, 6) is 0. The van der Waals surface area contributed by atoms with Crippen molar-refractivity contribution in [3.8, 4) is 22.4 Å². The molecule has 186 valence electrons. The van der Waals surface area contributed by atoms with Gasteiger partial charge in [0.25, 0.3) is 0 Å². The van der Waals surface area contributed by atoms with Gasteiger partial charge in [-0.15, -0.1) is 11.3 Å². The molecule has 9 aromatic rings. The third kappa shape index (κ3) is 3.13. The van der Waals surface area contributed by atoms with E-state index in [0.717, 1.165) is 38.7 Å². The zero-order valence-electron chi connectivity index (χ0n) is 21.4. The van der Waals surface area contributed by atoms with Gasteiger partial charge in [-0.2, -0.15) is 0 Å². The number of furan rings is 1. The van der Waals surface area contributed by atoms with Crippen LogP contribution in [0.5, 0.6) is 0 Å². The van der Waals surface area contributed by atoms with Crippen LogP contribution in [0.3, 0.4) is 0 Å². The number of nitrogens with zero attached hydrogens (tertiary/aromatic N) is 1. The number of benzene rings is 6. The van der Waals surface area contributed by atoms with Crippen LogP contribution in [-0.2, 0) is 0 Å². The van der Waals surface area contributed by atoms with Gasteiger partial charge >= 0.3 is 0 Å². The molecule has 0 atom stereocenters. The summed E-state index contributed by atoms with van der Waals surface area (Å²) >= 11 is 1.84. The number of hydrogen-bond acceptors (Lipinski definition) is 3. The van der Waals surface area contributed by atoms with Gasteiger partial charge in [0.2, 0.25) is 0 Å². The molecule has 0 saturated carbocycles. The summed E-state index contributed by atoms with van der Waals surface area (Å²) in [6.45, 7) is 0. The first-order valence-corrected chi connectivity index (χ1v) is 14.3. The second-order valence-corrected chi connectivity index (χ2v) is 11.4. The van der Waals surface area contributed by atoms with E-state index in [1.807, 2.05) is 23.5 Å². The number of para-hydroxylation sites is 1. The van der Waals surface area contributed by atoms with Crippen molar-refractivity contribution in [2.75, 3.05) is 0 Å². The molecule has 0 fully saturated rings. The number of pyridine rings is 1. The highest BCUT2D eigenvalue weighted by atomic mass is 32.1. The lowest BCUT2D eigenvalue weighted by Gasteiger charge is -2.12. The maximum absolute atomic E-state index is 6.25. The molecule has 0 amide bonds. The molecule has 9 rings (SSSR count). The fraction of sp³-hybridized carbons (Fsp3) is 0. The van der Waals surface area contributed by atoms with Crippen molar-refractivity contribution in [3.63, 3.8) is 0 Å². The molecule has 0 N–H and O–H groups in total. The Morgan fingerprint density at radius 3 is 2.15 bits per heavy atom. The van der Waals surface area contributed by atoms with Crippen LogP contribution in [0.25, 0.3) is 86.2 Å². The molecular formula is C37H21NOS. The molecule has 3 aromatic heterocycles. The van der Waals surface area contributed by atoms with Crippen molar-refractivity contribution in [1.82, 2.24) is 4.98 Å². The van der Waals surface area contributed by atoms with Gasteiger partial charge in [0.1, 0.15) is 11.2 Å². The number of rotatable bonds is 2. The normalized spacial score (nSPS) is 12.0. The molecule has 6 aromatic carbocycles. The zero-order chi connectivity index (χ0) is 26.2. The lowest BCUT2D eigenvalue weighted by atomic mass is 9.95.